The van der Waals surface area contributed by atoms with Gasteiger partial charge in [-0.2, -0.15) is 4.98 Å². The van der Waals surface area contributed by atoms with Gasteiger partial charge in [0.2, 0.25) is 5.95 Å². The number of nitrogens with one attached hydrogen (secondary N) is 3. The number of allylic oxidation sites excluding steroid dienone is 3. The van der Waals surface area contributed by atoms with Crippen LogP contribution in [0.5, 0.6) is 0 Å². The molecule has 0 radical (unpaired) electrons. The molecule has 0 bridgehead atoms. The largest absolute Gasteiger partial charge is 0.369 e. The summed E-state index contributed by atoms with van der Waals surface area (Å²) in [7, 11) is 0. The molecule has 1 aliphatic rings. The summed E-state index contributed by atoms with van der Waals surface area (Å²) in [6, 6.07) is 8.13. The standard InChI is InChI=1S/C22H26N8O/c1-3-5-19(23)30-20-18(21(31)29(30)12-4-2)15-25-22(27-20)26-16-6-8-17(9-7-16)28-13-10-24-11-14-28/h3-9,15,23-24H,2,10-14H2,1H3,(H,25,26,27)/b5-3-,23-19?. The van der Waals surface area contributed by atoms with E-state index in [1.807, 2.05) is 19.1 Å². The van der Waals surface area contributed by atoms with E-state index in [2.05, 4.69) is 44.2 Å². The summed E-state index contributed by atoms with van der Waals surface area (Å²) in [4.78, 5) is 24.0. The third kappa shape index (κ3) is 4.13. The van der Waals surface area contributed by atoms with Crippen molar-refractivity contribution in [2.45, 2.75) is 13.5 Å². The summed E-state index contributed by atoms with van der Waals surface area (Å²) in [6.07, 6.45) is 6.48. The van der Waals surface area contributed by atoms with Crippen LogP contribution in [0.15, 0.2) is 60.1 Å². The third-order valence-electron chi connectivity index (χ3n) is 5.14. The van der Waals surface area contributed by atoms with Crippen LogP contribution in [0.2, 0.25) is 0 Å². The minimum Gasteiger partial charge on any atom is -0.369 e. The van der Waals surface area contributed by atoms with Crippen molar-refractivity contribution < 1.29 is 0 Å². The number of benzene rings is 1. The lowest BCUT2D eigenvalue weighted by Crippen LogP contribution is -2.43. The molecular formula is C22H26N8O. The number of nitrogens with zero attached hydrogens (tertiary/aromatic N) is 5. The maximum Gasteiger partial charge on any atom is 0.278 e. The predicted molar refractivity (Wildman–Crippen MR) is 125 cm³/mol. The molecule has 0 atom stereocenters. The molecule has 0 saturated carbocycles. The molecule has 31 heavy (non-hydrogen) atoms. The van der Waals surface area contributed by atoms with Gasteiger partial charge in [-0.3, -0.25) is 10.2 Å². The number of anilines is 3. The van der Waals surface area contributed by atoms with Crippen molar-refractivity contribution in [3.05, 3.63) is 65.6 Å². The average molecular weight is 419 g/mol. The fraction of sp³-hybridized carbons (Fsp3) is 0.273. The normalized spacial score (nSPS) is 14.3. The van der Waals surface area contributed by atoms with Crippen molar-refractivity contribution in [1.29, 1.82) is 5.41 Å². The van der Waals surface area contributed by atoms with Crippen molar-refractivity contribution in [1.82, 2.24) is 24.6 Å². The van der Waals surface area contributed by atoms with E-state index in [0.717, 1.165) is 31.9 Å². The molecular weight excluding hydrogens is 392 g/mol. The number of piperazine rings is 1. The molecule has 1 aromatic carbocycles. The second-order valence-corrected chi connectivity index (χ2v) is 7.21. The van der Waals surface area contributed by atoms with Crippen LogP contribution >= 0.6 is 0 Å². The first-order chi connectivity index (χ1) is 15.1. The van der Waals surface area contributed by atoms with Gasteiger partial charge in [0, 0.05) is 43.8 Å². The monoisotopic (exact) mass is 418 g/mol. The van der Waals surface area contributed by atoms with Gasteiger partial charge in [-0.25, -0.2) is 14.3 Å². The molecule has 4 rings (SSSR count). The van der Waals surface area contributed by atoms with Crippen molar-refractivity contribution in [2.75, 3.05) is 36.4 Å². The van der Waals surface area contributed by atoms with Crippen molar-refractivity contribution in [3.8, 4) is 0 Å². The minimum absolute atomic E-state index is 0.140. The van der Waals surface area contributed by atoms with E-state index in [9.17, 15) is 4.79 Å². The van der Waals surface area contributed by atoms with Crippen LogP contribution < -0.4 is 21.1 Å². The predicted octanol–water partition coefficient (Wildman–Crippen LogP) is 2.33. The summed E-state index contributed by atoms with van der Waals surface area (Å²) in [6.45, 7) is 9.76. The molecule has 3 aromatic rings. The highest BCUT2D eigenvalue weighted by atomic mass is 16.1. The lowest BCUT2D eigenvalue weighted by molar-refractivity contribution is 0.589. The van der Waals surface area contributed by atoms with Gasteiger partial charge in [-0.15, -0.1) is 6.58 Å². The smallest absolute Gasteiger partial charge is 0.278 e. The molecule has 1 saturated heterocycles. The Hall–Kier alpha value is -3.72. The van der Waals surface area contributed by atoms with Crippen LogP contribution in [0.1, 0.15) is 6.92 Å². The fourth-order valence-corrected chi connectivity index (χ4v) is 3.66. The van der Waals surface area contributed by atoms with Gasteiger partial charge >= 0.3 is 0 Å². The first kappa shape index (κ1) is 20.5. The third-order valence-corrected chi connectivity index (χ3v) is 5.14. The summed E-state index contributed by atoms with van der Waals surface area (Å²) in [5, 5.41) is 15.3. The number of hydrogen-bond acceptors (Lipinski definition) is 7. The van der Waals surface area contributed by atoms with Gasteiger partial charge < -0.3 is 15.5 Å². The van der Waals surface area contributed by atoms with Gasteiger partial charge in [-0.05, 0) is 37.3 Å². The van der Waals surface area contributed by atoms with Crippen LogP contribution in [0.25, 0.3) is 11.0 Å². The van der Waals surface area contributed by atoms with E-state index in [4.69, 9.17) is 5.41 Å². The minimum atomic E-state index is -0.254. The highest BCUT2D eigenvalue weighted by Crippen LogP contribution is 2.21. The van der Waals surface area contributed by atoms with Crippen molar-refractivity contribution >= 4 is 34.2 Å². The van der Waals surface area contributed by atoms with Gasteiger partial charge in [-0.1, -0.05) is 12.2 Å². The van der Waals surface area contributed by atoms with E-state index in [1.54, 1.807) is 18.2 Å². The molecule has 2 aromatic heterocycles. The summed E-state index contributed by atoms with van der Waals surface area (Å²) < 4.78 is 2.92. The number of aromatic nitrogens is 4. The lowest BCUT2D eigenvalue weighted by atomic mass is 10.2. The van der Waals surface area contributed by atoms with Gasteiger partial charge in [0.15, 0.2) is 5.65 Å². The highest BCUT2D eigenvalue weighted by Gasteiger charge is 2.17. The van der Waals surface area contributed by atoms with Gasteiger partial charge in [0.05, 0.1) is 6.54 Å². The molecule has 3 N–H and O–H groups in total. The molecule has 0 unspecified atom stereocenters. The second kappa shape index (κ2) is 8.97. The van der Waals surface area contributed by atoms with E-state index in [0.29, 0.717) is 17.0 Å². The molecule has 1 aliphatic heterocycles. The molecule has 160 valence electrons. The Kier molecular flexibility index (Phi) is 5.94. The Balaban J connectivity index is 1.65. The molecule has 9 nitrogen and oxygen atoms in total. The van der Waals surface area contributed by atoms with Crippen LogP contribution in [0.3, 0.4) is 0 Å². The number of fused-ring (bicyclic) bond motifs is 1. The summed E-state index contributed by atoms with van der Waals surface area (Å²) in [5.74, 6) is 0.502. The Morgan fingerprint density at radius 3 is 2.71 bits per heavy atom. The van der Waals surface area contributed by atoms with Crippen LogP contribution in [0, 0.1) is 5.41 Å². The fourth-order valence-electron chi connectivity index (χ4n) is 3.66. The Labute approximate surface area is 180 Å². The topological polar surface area (TPSA) is 104 Å². The van der Waals surface area contributed by atoms with E-state index < -0.39 is 0 Å². The Bertz CT molecular complexity index is 1180. The lowest BCUT2D eigenvalue weighted by Gasteiger charge is -2.29. The maximum absolute atomic E-state index is 12.8. The quantitative estimate of drug-likeness (QED) is 0.322. The average Bonchev–Trinajstić information content (AvgIpc) is 3.06. The molecule has 0 aliphatic carbocycles. The van der Waals surface area contributed by atoms with E-state index in [1.165, 1.54) is 21.2 Å². The summed E-state index contributed by atoms with van der Waals surface area (Å²) >= 11 is 0. The number of hydrogen-bond donors (Lipinski definition) is 3. The molecule has 1 fully saturated rings. The van der Waals surface area contributed by atoms with Crippen molar-refractivity contribution in [3.63, 3.8) is 0 Å². The Morgan fingerprint density at radius 2 is 2.03 bits per heavy atom. The van der Waals surface area contributed by atoms with Crippen LogP contribution in [-0.2, 0) is 6.54 Å². The van der Waals surface area contributed by atoms with E-state index in [-0.39, 0.29) is 17.9 Å². The first-order valence-corrected chi connectivity index (χ1v) is 10.3. The van der Waals surface area contributed by atoms with Crippen LogP contribution in [0.4, 0.5) is 17.3 Å². The number of rotatable bonds is 6. The Morgan fingerprint density at radius 1 is 1.29 bits per heavy atom. The van der Waals surface area contributed by atoms with Gasteiger partial charge in [0.25, 0.3) is 5.56 Å². The SMILES string of the molecule is C=CCn1c(=O)c2cnc(Nc3ccc(N4CCNCC4)cc3)nc2n1C(=N)/C=C\C. The van der Waals surface area contributed by atoms with E-state index >= 15 is 0 Å². The van der Waals surface area contributed by atoms with Crippen molar-refractivity contribution in [2.24, 2.45) is 0 Å². The zero-order chi connectivity index (χ0) is 21.8. The second-order valence-electron chi connectivity index (χ2n) is 7.21. The zero-order valence-corrected chi connectivity index (χ0v) is 17.5. The van der Waals surface area contributed by atoms with Gasteiger partial charge in [0.1, 0.15) is 11.2 Å². The molecule has 3 heterocycles. The first-order valence-electron chi connectivity index (χ1n) is 10.3. The molecule has 0 spiro atoms. The zero-order valence-electron chi connectivity index (χ0n) is 17.5. The highest BCUT2D eigenvalue weighted by molar-refractivity contribution is 5.97. The molecule has 9 heteroatoms. The maximum atomic E-state index is 12.8. The summed E-state index contributed by atoms with van der Waals surface area (Å²) in [5.41, 5.74) is 2.15. The molecule has 0 amide bonds. The van der Waals surface area contributed by atoms with Crippen LogP contribution in [-0.4, -0.2) is 51.3 Å².